The van der Waals surface area contributed by atoms with E-state index in [1.54, 1.807) is 4.68 Å². The van der Waals surface area contributed by atoms with Crippen molar-refractivity contribution in [2.75, 3.05) is 12.3 Å². The summed E-state index contributed by atoms with van der Waals surface area (Å²) in [6.45, 7) is 6.97. The van der Waals surface area contributed by atoms with Crippen molar-refractivity contribution >= 4 is 10.0 Å². The monoisotopic (exact) mass is 288 g/mol. The summed E-state index contributed by atoms with van der Waals surface area (Å²) in [5, 5.41) is 7.38. The molecule has 0 unspecified atom stereocenters. The molecule has 1 aromatic rings. The van der Waals surface area contributed by atoms with Crippen molar-refractivity contribution in [2.24, 2.45) is 7.05 Å². The minimum Gasteiger partial charge on any atom is -0.314 e. The molecule has 1 heterocycles. The number of hydrogen-bond donors (Lipinski definition) is 2. The van der Waals surface area contributed by atoms with Gasteiger partial charge in [0.25, 0.3) is 0 Å². The van der Waals surface area contributed by atoms with Crippen LogP contribution in [0.4, 0.5) is 0 Å². The van der Waals surface area contributed by atoms with Crippen LogP contribution >= 0.6 is 0 Å². The number of hydrogen-bond acceptors (Lipinski definition) is 4. The van der Waals surface area contributed by atoms with Crippen LogP contribution in [0.25, 0.3) is 0 Å². The van der Waals surface area contributed by atoms with Gasteiger partial charge in [-0.25, -0.2) is 13.1 Å². The minimum absolute atomic E-state index is 0.145. The fourth-order valence-electron chi connectivity index (χ4n) is 1.74. The summed E-state index contributed by atoms with van der Waals surface area (Å²) in [5.41, 5.74) is 1.76. The highest BCUT2D eigenvalue weighted by Gasteiger charge is 2.11. The first-order chi connectivity index (χ1) is 8.80. The Morgan fingerprint density at radius 3 is 2.63 bits per heavy atom. The fraction of sp³-hybridized carbons (Fsp3) is 0.750. The molecule has 0 fully saturated rings. The maximum absolute atomic E-state index is 11.8. The largest absolute Gasteiger partial charge is 0.314 e. The molecule has 0 aliphatic rings. The highest BCUT2D eigenvalue weighted by Crippen LogP contribution is 2.04. The third-order valence-electron chi connectivity index (χ3n) is 2.74. The number of sulfonamides is 1. The SMILES string of the molecule is Cc1nn(C)cc1CNS(=O)(=O)CCCNC(C)C. The Kier molecular flexibility index (Phi) is 5.96. The highest BCUT2D eigenvalue weighted by atomic mass is 32.2. The van der Waals surface area contributed by atoms with Gasteiger partial charge in [0.05, 0.1) is 11.4 Å². The van der Waals surface area contributed by atoms with Gasteiger partial charge in [0, 0.05) is 31.4 Å². The first-order valence-electron chi connectivity index (χ1n) is 6.50. The zero-order valence-corrected chi connectivity index (χ0v) is 12.9. The number of rotatable bonds is 8. The lowest BCUT2D eigenvalue weighted by Crippen LogP contribution is -2.29. The zero-order valence-electron chi connectivity index (χ0n) is 12.1. The molecule has 1 rings (SSSR count). The van der Waals surface area contributed by atoms with E-state index in [9.17, 15) is 8.42 Å². The quantitative estimate of drug-likeness (QED) is 0.684. The molecule has 6 nitrogen and oxygen atoms in total. The molecule has 0 atom stereocenters. The van der Waals surface area contributed by atoms with E-state index in [-0.39, 0.29) is 5.75 Å². The predicted octanol–water partition coefficient (Wildman–Crippen LogP) is 0.536. The number of aryl methyl sites for hydroxylation is 2. The van der Waals surface area contributed by atoms with Crippen molar-refractivity contribution in [1.82, 2.24) is 19.8 Å². The van der Waals surface area contributed by atoms with Gasteiger partial charge in [-0.1, -0.05) is 13.8 Å². The second-order valence-corrected chi connectivity index (χ2v) is 6.94. The van der Waals surface area contributed by atoms with Crippen molar-refractivity contribution in [3.05, 3.63) is 17.5 Å². The second kappa shape index (κ2) is 7.02. The molecule has 0 aliphatic carbocycles. The van der Waals surface area contributed by atoms with Gasteiger partial charge in [0.1, 0.15) is 0 Å². The highest BCUT2D eigenvalue weighted by molar-refractivity contribution is 7.89. The lowest BCUT2D eigenvalue weighted by atomic mass is 10.3. The van der Waals surface area contributed by atoms with Crippen molar-refractivity contribution < 1.29 is 8.42 Å². The van der Waals surface area contributed by atoms with Crippen LogP contribution < -0.4 is 10.0 Å². The lowest BCUT2D eigenvalue weighted by molar-refractivity contribution is 0.560. The van der Waals surface area contributed by atoms with E-state index in [0.29, 0.717) is 25.6 Å². The molecule has 0 aromatic carbocycles. The molecule has 0 radical (unpaired) electrons. The van der Waals surface area contributed by atoms with Crippen molar-refractivity contribution in [3.8, 4) is 0 Å². The smallest absolute Gasteiger partial charge is 0.211 e. The Morgan fingerprint density at radius 1 is 1.42 bits per heavy atom. The molecule has 0 aliphatic heterocycles. The van der Waals surface area contributed by atoms with Gasteiger partial charge in [-0.15, -0.1) is 0 Å². The van der Waals surface area contributed by atoms with E-state index in [0.717, 1.165) is 11.3 Å². The molecule has 0 saturated heterocycles. The van der Waals surface area contributed by atoms with E-state index >= 15 is 0 Å². The summed E-state index contributed by atoms with van der Waals surface area (Å²) in [4.78, 5) is 0. The second-order valence-electron chi connectivity index (χ2n) is 5.02. The standard InChI is InChI=1S/C12H24N4O2S/c1-10(2)13-6-5-7-19(17,18)14-8-12-9-16(4)15-11(12)3/h9-10,13-14H,5-8H2,1-4H3. The Bertz CT molecular complexity index is 494. The van der Waals surface area contributed by atoms with E-state index < -0.39 is 10.0 Å². The van der Waals surface area contributed by atoms with E-state index in [1.165, 1.54) is 0 Å². The fourth-order valence-corrected chi connectivity index (χ4v) is 2.78. The minimum atomic E-state index is -3.21. The number of nitrogens with zero attached hydrogens (tertiary/aromatic N) is 2. The van der Waals surface area contributed by atoms with Gasteiger partial charge in [-0.3, -0.25) is 4.68 Å². The van der Waals surface area contributed by atoms with Crippen LogP contribution in [-0.2, 0) is 23.6 Å². The van der Waals surface area contributed by atoms with E-state index in [2.05, 4.69) is 15.1 Å². The van der Waals surface area contributed by atoms with Gasteiger partial charge in [0.15, 0.2) is 0 Å². The van der Waals surface area contributed by atoms with Crippen molar-refractivity contribution in [2.45, 2.75) is 39.8 Å². The predicted molar refractivity (Wildman–Crippen MR) is 76.3 cm³/mol. The summed E-state index contributed by atoms with van der Waals surface area (Å²) in [5.74, 6) is 0.145. The van der Waals surface area contributed by atoms with Gasteiger partial charge in [0.2, 0.25) is 10.0 Å². The summed E-state index contributed by atoms with van der Waals surface area (Å²) in [6, 6.07) is 0.383. The average molecular weight is 288 g/mol. The maximum atomic E-state index is 11.8. The van der Waals surface area contributed by atoms with Crippen molar-refractivity contribution in [1.29, 1.82) is 0 Å². The first kappa shape index (κ1) is 16.1. The normalized spacial score (nSPS) is 12.3. The molecular weight excluding hydrogens is 264 g/mol. The van der Waals surface area contributed by atoms with Crippen LogP contribution in [-0.4, -0.2) is 36.5 Å². The summed E-state index contributed by atoms with van der Waals surface area (Å²) in [7, 11) is -1.39. The molecule has 110 valence electrons. The van der Waals surface area contributed by atoms with Crippen LogP contribution in [0.3, 0.4) is 0 Å². The first-order valence-corrected chi connectivity index (χ1v) is 8.15. The van der Waals surface area contributed by atoms with Gasteiger partial charge < -0.3 is 5.32 Å². The molecule has 7 heteroatoms. The van der Waals surface area contributed by atoms with Crippen LogP contribution in [0.15, 0.2) is 6.20 Å². The van der Waals surface area contributed by atoms with Crippen LogP contribution in [0.5, 0.6) is 0 Å². The Hall–Kier alpha value is -0.920. The maximum Gasteiger partial charge on any atom is 0.211 e. The van der Waals surface area contributed by atoms with E-state index in [4.69, 9.17) is 0 Å². The van der Waals surface area contributed by atoms with Gasteiger partial charge in [-0.2, -0.15) is 5.10 Å². The molecule has 19 heavy (non-hydrogen) atoms. The van der Waals surface area contributed by atoms with Crippen molar-refractivity contribution in [3.63, 3.8) is 0 Å². The van der Waals surface area contributed by atoms with Gasteiger partial charge in [-0.05, 0) is 19.9 Å². The van der Waals surface area contributed by atoms with E-state index in [1.807, 2.05) is 34.0 Å². The third kappa shape index (κ3) is 6.17. The van der Waals surface area contributed by atoms with Crippen LogP contribution in [0.1, 0.15) is 31.5 Å². The lowest BCUT2D eigenvalue weighted by Gasteiger charge is -2.09. The molecule has 0 bridgehead atoms. The van der Waals surface area contributed by atoms with Crippen LogP contribution in [0.2, 0.25) is 0 Å². The molecule has 0 saturated carbocycles. The number of nitrogens with one attached hydrogen (secondary N) is 2. The third-order valence-corrected chi connectivity index (χ3v) is 4.15. The Labute approximate surface area is 115 Å². The molecule has 0 spiro atoms. The van der Waals surface area contributed by atoms with Crippen LogP contribution in [0, 0.1) is 6.92 Å². The molecule has 2 N–H and O–H groups in total. The average Bonchev–Trinajstić information content (AvgIpc) is 2.61. The Morgan fingerprint density at radius 2 is 2.11 bits per heavy atom. The summed E-state index contributed by atoms with van der Waals surface area (Å²) >= 11 is 0. The number of aromatic nitrogens is 2. The molecule has 1 aromatic heterocycles. The summed E-state index contributed by atoms with van der Waals surface area (Å²) < 4.78 is 27.9. The topological polar surface area (TPSA) is 76.0 Å². The summed E-state index contributed by atoms with van der Waals surface area (Å²) in [6.07, 6.45) is 2.44. The molecule has 0 amide bonds. The zero-order chi connectivity index (χ0) is 14.5. The Balaban J connectivity index is 2.36. The van der Waals surface area contributed by atoms with Gasteiger partial charge >= 0.3 is 0 Å². The molecular formula is C12H24N4O2S.